The Morgan fingerprint density at radius 1 is 0.306 bits per heavy atom. The summed E-state index contributed by atoms with van der Waals surface area (Å²) in [5.41, 5.74) is 24.1. The molecule has 0 aliphatic heterocycles. The Morgan fingerprint density at radius 3 is 1.38 bits per heavy atom. The standard InChI is InChI=1S/C70H50N2/c1-69(2)63-27-15-12-24-57(63)60-41-34-50(44-66(60)69)49-32-38-55(39-33-49)71(54-36-30-48(31-37-54)47-18-6-3-7-19-47)56-40-43-68-62(46-56)61-45-52(35-42-67(61)72(68)53-22-10-5-11-23-53)70(51-20-8-4-9-21-51)64-28-16-13-25-58(64)59-26-14-17-29-65(59)70/h3-46H,1-2H3. The van der Waals surface area contributed by atoms with E-state index in [0.717, 1.165) is 28.3 Å². The molecule has 12 aromatic rings. The molecule has 14 rings (SSSR count). The van der Waals surface area contributed by atoms with Crippen LogP contribution in [0, 0.1) is 0 Å². The van der Waals surface area contributed by atoms with Gasteiger partial charge in [-0.15, -0.1) is 0 Å². The van der Waals surface area contributed by atoms with Crippen molar-refractivity contribution in [3.05, 3.63) is 300 Å². The summed E-state index contributed by atoms with van der Waals surface area (Å²) in [5, 5.41) is 2.40. The van der Waals surface area contributed by atoms with Gasteiger partial charge in [0, 0.05) is 38.9 Å². The molecule has 11 aromatic carbocycles. The summed E-state index contributed by atoms with van der Waals surface area (Å²) >= 11 is 0. The lowest BCUT2D eigenvalue weighted by Crippen LogP contribution is -2.28. The summed E-state index contributed by atoms with van der Waals surface area (Å²) in [6, 6.07) is 99.1. The van der Waals surface area contributed by atoms with E-state index < -0.39 is 5.41 Å². The Morgan fingerprint density at radius 2 is 0.750 bits per heavy atom. The Kier molecular flexibility index (Phi) is 9.50. The van der Waals surface area contributed by atoms with E-state index in [-0.39, 0.29) is 5.41 Å². The number of rotatable bonds is 8. The van der Waals surface area contributed by atoms with Crippen LogP contribution in [0.5, 0.6) is 0 Å². The van der Waals surface area contributed by atoms with Gasteiger partial charge in [0.1, 0.15) is 0 Å². The van der Waals surface area contributed by atoms with Crippen molar-refractivity contribution in [3.63, 3.8) is 0 Å². The van der Waals surface area contributed by atoms with Crippen molar-refractivity contribution in [2.75, 3.05) is 4.90 Å². The molecule has 2 heteroatoms. The summed E-state index contributed by atoms with van der Waals surface area (Å²) in [6.07, 6.45) is 0. The molecule has 0 amide bonds. The van der Waals surface area contributed by atoms with Gasteiger partial charge in [0.25, 0.3) is 0 Å². The van der Waals surface area contributed by atoms with Crippen molar-refractivity contribution < 1.29 is 0 Å². The summed E-state index contributed by atoms with van der Waals surface area (Å²) in [6.45, 7) is 4.71. The molecular weight excluding hydrogens is 869 g/mol. The van der Waals surface area contributed by atoms with Crippen LogP contribution in [0.4, 0.5) is 17.1 Å². The second kappa shape index (κ2) is 16.3. The van der Waals surface area contributed by atoms with Crippen molar-refractivity contribution in [2.45, 2.75) is 24.7 Å². The molecule has 0 N–H and O–H groups in total. The maximum atomic E-state index is 2.50. The van der Waals surface area contributed by atoms with Crippen LogP contribution in [0.1, 0.15) is 47.2 Å². The van der Waals surface area contributed by atoms with Gasteiger partial charge in [-0.1, -0.05) is 208 Å². The third-order valence-corrected chi connectivity index (χ3v) is 15.9. The normalized spacial score (nSPS) is 13.6. The van der Waals surface area contributed by atoms with Crippen LogP contribution in [-0.2, 0) is 10.8 Å². The average Bonchev–Trinajstić information content (AvgIpc) is 4.03. The summed E-state index contributed by atoms with van der Waals surface area (Å²) < 4.78 is 2.44. The van der Waals surface area contributed by atoms with Crippen LogP contribution < -0.4 is 4.90 Å². The van der Waals surface area contributed by atoms with Gasteiger partial charge < -0.3 is 9.47 Å². The zero-order chi connectivity index (χ0) is 48.0. The number of aromatic nitrogens is 1. The number of benzene rings is 11. The quantitative estimate of drug-likeness (QED) is 0.147. The molecular formula is C70H50N2. The molecule has 0 saturated carbocycles. The molecule has 0 radical (unpaired) electrons. The predicted molar refractivity (Wildman–Crippen MR) is 301 cm³/mol. The second-order valence-corrected chi connectivity index (χ2v) is 20.0. The number of fused-ring (bicyclic) bond motifs is 9. The second-order valence-electron chi connectivity index (χ2n) is 20.0. The van der Waals surface area contributed by atoms with Gasteiger partial charge in [-0.25, -0.2) is 0 Å². The fourth-order valence-corrected chi connectivity index (χ4v) is 12.5. The Hall–Kier alpha value is -8.98. The van der Waals surface area contributed by atoms with E-state index in [1.807, 2.05) is 0 Å². The Labute approximate surface area is 421 Å². The highest BCUT2D eigenvalue weighted by Gasteiger charge is 2.46. The van der Waals surface area contributed by atoms with Gasteiger partial charge in [0.2, 0.25) is 0 Å². The molecule has 0 unspecified atom stereocenters. The highest BCUT2D eigenvalue weighted by Crippen LogP contribution is 2.57. The molecule has 0 saturated heterocycles. The summed E-state index contributed by atoms with van der Waals surface area (Å²) in [5.74, 6) is 0. The molecule has 1 aromatic heterocycles. The lowest BCUT2D eigenvalue weighted by Gasteiger charge is -2.34. The van der Waals surface area contributed by atoms with Gasteiger partial charge in [0.15, 0.2) is 0 Å². The minimum atomic E-state index is -0.520. The zero-order valence-corrected chi connectivity index (χ0v) is 40.3. The Bertz CT molecular complexity index is 3990. The molecule has 1 heterocycles. The molecule has 2 aliphatic carbocycles. The van der Waals surface area contributed by atoms with Crippen LogP contribution in [0.25, 0.3) is 72.0 Å². The van der Waals surface area contributed by atoms with Gasteiger partial charge in [-0.2, -0.15) is 0 Å². The number of anilines is 3. The molecule has 0 fully saturated rings. The minimum absolute atomic E-state index is 0.0676. The highest BCUT2D eigenvalue weighted by molar-refractivity contribution is 6.11. The number of hydrogen-bond acceptors (Lipinski definition) is 1. The molecule has 0 atom stereocenters. The first-order chi connectivity index (χ1) is 35.5. The first-order valence-electron chi connectivity index (χ1n) is 25.2. The molecule has 0 spiro atoms. The topological polar surface area (TPSA) is 8.17 Å². The van der Waals surface area contributed by atoms with Crippen LogP contribution in [0.2, 0.25) is 0 Å². The van der Waals surface area contributed by atoms with E-state index in [4.69, 9.17) is 0 Å². The third kappa shape index (κ3) is 6.28. The third-order valence-electron chi connectivity index (χ3n) is 15.9. The number of nitrogens with zero attached hydrogens (tertiary/aromatic N) is 2. The van der Waals surface area contributed by atoms with Crippen molar-refractivity contribution in [3.8, 4) is 50.2 Å². The molecule has 2 aliphatic rings. The maximum absolute atomic E-state index is 2.50. The minimum Gasteiger partial charge on any atom is -0.310 e. The monoisotopic (exact) mass is 918 g/mol. The van der Waals surface area contributed by atoms with E-state index in [1.54, 1.807) is 0 Å². The van der Waals surface area contributed by atoms with Crippen LogP contribution in [0.15, 0.2) is 267 Å². The smallest absolute Gasteiger partial charge is 0.0713 e. The Balaban J connectivity index is 0.961. The largest absolute Gasteiger partial charge is 0.310 e. The van der Waals surface area contributed by atoms with E-state index >= 15 is 0 Å². The van der Waals surface area contributed by atoms with Crippen LogP contribution in [-0.4, -0.2) is 4.57 Å². The fourth-order valence-electron chi connectivity index (χ4n) is 12.5. The predicted octanol–water partition coefficient (Wildman–Crippen LogP) is 18.3. The van der Waals surface area contributed by atoms with E-state index in [0.29, 0.717) is 0 Å². The SMILES string of the molecule is CC1(C)c2ccccc2-c2ccc(-c3ccc(N(c4ccc(-c5ccccc5)cc4)c4ccc5c(c4)c4cc(C6(c7ccccc7)c7ccccc7-c7ccccc76)ccc4n5-c4ccccc4)cc3)cc21. The first-order valence-corrected chi connectivity index (χ1v) is 25.2. The molecule has 2 nitrogen and oxygen atoms in total. The summed E-state index contributed by atoms with van der Waals surface area (Å²) in [7, 11) is 0. The van der Waals surface area contributed by atoms with Gasteiger partial charge >= 0.3 is 0 Å². The average molecular weight is 919 g/mol. The fraction of sp³-hybridized carbons (Fsp3) is 0.0571. The number of para-hydroxylation sites is 1. The lowest BCUT2D eigenvalue weighted by molar-refractivity contribution is 0.660. The maximum Gasteiger partial charge on any atom is 0.0713 e. The van der Waals surface area contributed by atoms with E-state index in [9.17, 15) is 0 Å². The molecule has 340 valence electrons. The van der Waals surface area contributed by atoms with Gasteiger partial charge in [0.05, 0.1) is 16.4 Å². The molecule has 72 heavy (non-hydrogen) atoms. The lowest BCUT2D eigenvalue weighted by atomic mass is 9.67. The van der Waals surface area contributed by atoms with E-state index in [1.165, 1.54) is 94.2 Å². The van der Waals surface area contributed by atoms with Crippen molar-refractivity contribution >= 4 is 38.9 Å². The van der Waals surface area contributed by atoms with Gasteiger partial charge in [-0.05, 0) is 151 Å². The van der Waals surface area contributed by atoms with Crippen molar-refractivity contribution in [2.24, 2.45) is 0 Å². The number of hydrogen-bond donors (Lipinski definition) is 0. The summed E-state index contributed by atoms with van der Waals surface area (Å²) in [4.78, 5) is 2.42. The molecule has 0 bridgehead atoms. The van der Waals surface area contributed by atoms with Gasteiger partial charge in [-0.3, -0.25) is 0 Å². The van der Waals surface area contributed by atoms with Crippen molar-refractivity contribution in [1.82, 2.24) is 4.57 Å². The van der Waals surface area contributed by atoms with Crippen molar-refractivity contribution in [1.29, 1.82) is 0 Å². The highest BCUT2D eigenvalue weighted by atomic mass is 15.1. The first kappa shape index (κ1) is 41.9. The van der Waals surface area contributed by atoms with Crippen LogP contribution in [0.3, 0.4) is 0 Å². The zero-order valence-electron chi connectivity index (χ0n) is 40.3. The van der Waals surface area contributed by atoms with Crippen LogP contribution >= 0.6 is 0 Å². The van der Waals surface area contributed by atoms with E-state index in [2.05, 4.69) is 290 Å².